The van der Waals surface area contributed by atoms with E-state index in [2.05, 4.69) is 0 Å². The topological polar surface area (TPSA) is 57.5 Å². The first kappa shape index (κ1) is 13.5. The molecule has 1 atom stereocenters. The molecule has 17 heavy (non-hydrogen) atoms. The van der Waals surface area contributed by atoms with Crippen LogP contribution in [0.3, 0.4) is 0 Å². The van der Waals surface area contributed by atoms with Crippen LogP contribution in [0.4, 0.5) is 0 Å². The van der Waals surface area contributed by atoms with Crippen LogP contribution in [0.5, 0.6) is 0 Å². The van der Waals surface area contributed by atoms with E-state index < -0.39 is 11.6 Å². The Morgan fingerprint density at radius 3 is 2.53 bits per heavy atom. The molecule has 0 saturated heterocycles. The SMILES string of the molecule is CCC[C@@](O)(C=Cc1ccccc1)CC(=O)O. The summed E-state index contributed by atoms with van der Waals surface area (Å²) in [4.78, 5) is 10.7. The van der Waals surface area contributed by atoms with Crippen LogP contribution < -0.4 is 0 Å². The Kier molecular flexibility index (Phi) is 4.91. The molecule has 1 aromatic rings. The molecular weight excluding hydrogens is 216 g/mol. The van der Waals surface area contributed by atoms with Gasteiger partial charge in [-0.2, -0.15) is 0 Å². The summed E-state index contributed by atoms with van der Waals surface area (Å²) in [5.74, 6) is -0.987. The fourth-order valence-corrected chi connectivity index (χ4v) is 1.74. The number of hydrogen-bond donors (Lipinski definition) is 2. The van der Waals surface area contributed by atoms with E-state index >= 15 is 0 Å². The molecule has 0 amide bonds. The number of carboxylic acids is 1. The molecule has 0 aliphatic carbocycles. The highest BCUT2D eigenvalue weighted by molar-refractivity contribution is 5.69. The van der Waals surface area contributed by atoms with Gasteiger partial charge in [-0.15, -0.1) is 0 Å². The molecule has 1 rings (SSSR count). The first-order valence-electron chi connectivity index (χ1n) is 5.74. The van der Waals surface area contributed by atoms with Crippen LogP contribution in [0.1, 0.15) is 31.7 Å². The van der Waals surface area contributed by atoms with Gasteiger partial charge in [0.1, 0.15) is 0 Å². The summed E-state index contributed by atoms with van der Waals surface area (Å²) in [7, 11) is 0. The predicted octanol–water partition coefficient (Wildman–Crippen LogP) is 2.71. The zero-order chi connectivity index (χ0) is 12.7. The number of benzene rings is 1. The van der Waals surface area contributed by atoms with Crippen molar-refractivity contribution in [1.82, 2.24) is 0 Å². The lowest BCUT2D eigenvalue weighted by Gasteiger charge is -2.21. The number of carbonyl (C=O) groups is 1. The van der Waals surface area contributed by atoms with Crippen LogP contribution >= 0.6 is 0 Å². The molecule has 0 bridgehead atoms. The van der Waals surface area contributed by atoms with Gasteiger partial charge in [-0.05, 0) is 12.0 Å². The summed E-state index contributed by atoms with van der Waals surface area (Å²) < 4.78 is 0. The summed E-state index contributed by atoms with van der Waals surface area (Å²) in [6.45, 7) is 1.92. The van der Waals surface area contributed by atoms with Gasteiger partial charge in [-0.1, -0.05) is 55.8 Å². The minimum absolute atomic E-state index is 0.260. The third-order valence-electron chi connectivity index (χ3n) is 2.53. The Balaban J connectivity index is 2.79. The molecule has 0 aromatic heterocycles. The van der Waals surface area contributed by atoms with Crippen molar-refractivity contribution < 1.29 is 15.0 Å². The number of aliphatic hydroxyl groups is 1. The molecule has 2 N–H and O–H groups in total. The van der Waals surface area contributed by atoms with Gasteiger partial charge in [0, 0.05) is 0 Å². The smallest absolute Gasteiger partial charge is 0.306 e. The van der Waals surface area contributed by atoms with Crippen molar-refractivity contribution in [2.45, 2.75) is 31.8 Å². The van der Waals surface area contributed by atoms with Gasteiger partial charge >= 0.3 is 5.97 Å². The maximum absolute atomic E-state index is 10.7. The van der Waals surface area contributed by atoms with Crippen molar-refractivity contribution in [2.75, 3.05) is 0 Å². The molecule has 0 saturated carbocycles. The number of carboxylic acid groups (broad SMARTS) is 1. The van der Waals surface area contributed by atoms with Crippen molar-refractivity contribution >= 4 is 12.0 Å². The summed E-state index contributed by atoms with van der Waals surface area (Å²) in [6.07, 6.45) is 4.27. The normalized spacial score (nSPS) is 14.7. The van der Waals surface area contributed by atoms with Crippen LogP contribution in [-0.4, -0.2) is 21.8 Å². The number of rotatable bonds is 6. The Morgan fingerprint density at radius 2 is 2.00 bits per heavy atom. The van der Waals surface area contributed by atoms with E-state index in [1.54, 1.807) is 12.2 Å². The lowest BCUT2D eigenvalue weighted by Crippen LogP contribution is -2.29. The highest BCUT2D eigenvalue weighted by Crippen LogP contribution is 2.20. The average Bonchev–Trinajstić information content (AvgIpc) is 2.27. The first-order valence-corrected chi connectivity index (χ1v) is 5.74. The van der Waals surface area contributed by atoms with Crippen LogP contribution in [0.2, 0.25) is 0 Å². The van der Waals surface area contributed by atoms with E-state index in [9.17, 15) is 9.90 Å². The van der Waals surface area contributed by atoms with Crippen LogP contribution in [0, 0.1) is 0 Å². The van der Waals surface area contributed by atoms with E-state index in [0.29, 0.717) is 6.42 Å². The predicted molar refractivity (Wildman–Crippen MR) is 67.6 cm³/mol. The standard InChI is InChI=1S/C14H18O3/c1-2-9-14(17,11-13(15)16)10-8-12-6-4-3-5-7-12/h3-8,10,17H,2,9,11H2,1H3,(H,15,16)/t14-/m1/s1. The molecule has 0 heterocycles. The highest BCUT2D eigenvalue weighted by atomic mass is 16.4. The van der Waals surface area contributed by atoms with E-state index in [1.165, 1.54) is 0 Å². The van der Waals surface area contributed by atoms with Crippen molar-refractivity contribution in [3.8, 4) is 0 Å². The van der Waals surface area contributed by atoms with Crippen LogP contribution in [0.25, 0.3) is 6.08 Å². The zero-order valence-electron chi connectivity index (χ0n) is 9.97. The summed E-state index contributed by atoms with van der Waals surface area (Å²) in [5, 5.41) is 19.0. The van der Waals surface area contributed by atoms with Crippen LogP contribution in [-0.2, 0) is 4.79 Å². The van der Waals surface area contributed by atoms with Crippen molar-refractivity contribution in [2.24, 2.45) is 0 Å². The monoisotopic (exact) mass is 234 g/mol. The zero-order valence-corrected chi connectivity index (χ0v) is 9.97. The van der Waals surface area contributed by atoms with Gasteiger partial charge in [-0.3, -0.25) is 4.79 Å². The fourth-order valence-electron chi connectivity index (χ4n) is 1.74. The third kappa shape index (κ3) is 4.83. The van der Waals surface area contributed by atoms with E-state index in [-0.39, 0.29) is 6.42 Å². The van der Waals surface area contributed by atoms with Crippen molar-refractivity contribution in [1.29, 1.82) is 0 Å². The molecule has 0 aliphatic rings. The van der Waals surface area contributed by atoms with Crippen LogP contribution in [0.15, 0.2) is 36.4 Å². The highest BCUT2D eigenvalue weighted by Gasteiger charge is 2.25. The average molecular weight is 234 g/mol. The maximum Gasteiger partial charge on any atom is 0.306 e. The van der Waals surface area contributed by atoms with Crippen molar-refractivity contribution in [3.63, 3.8) is 0 Å². The molecule has 3 nitrogen and oxygen atoms in total. The third-order valence-corrected chi connectivity index (χ3v) is 2.53. The van der Waals surface area contributed by atoms with Gasteiger partial charge in [-0.25, -0.2) is 0 Å². The minimum atomic E-state index is -1.25. The van der Waals surface area contributed by atoms with Gasteiger partial charge < -0.3 is 10.2 Å². The molecule has 0 aliphatic heterocycles. The lowest BCUT2D eigenvalue weighted by atomic mass is 9.93. The Morgan fingerprint density at radius 1 is 1.35 bits per heavy atom. The fraction of sp³-hybridized carbons (Fsp3) is 0.357. The second-order valence-corrected chi connectivity index (χ2v) is 4.17. The lowest BCUT2D eigenvalue weighted by molar-refractivity contribution is -0.141. The number of aliphatic carboxylic acids is 1. The second kappa shape index (κ2) is 6.21. The van der Waals surface area contributed by atoms with Gasteiger partial charge in [0.15, 0.2) is 0 Å². The quantitative estimate of drug-likeness (QED) is 0.795. The second-order valence-electron chi connectivity index (χ2n) is 4.17. The summed E-state index contributed by atoms with van der Waals surface area (Å²) >= 11 is 0. The first-order chi connectivity index (χ1) is 8.06. The minimum Gasteiger partial charge on any atom is -0.481 e. The Labute approximate surface area is 101 Å². The van der Waals surface area contributed by atoms with Gasteiger partial charge in [0.05, 0.1) is 12.0 Å². The van der Waals surface area contributed by atoms with Gasteiger partial charge in [0.25, 0.3) is 0 Å². The molecule has 0 unspecified atom stereocenters. The molecule has 1 aromatic carbocycles. The van der Waals surface area contributed by atoms with E-state index in [0.717, 1.165) is 12.0 Å². The maximum atomic E-state index is 10.7. The molecule has 0 spiro atoms. The summed E-state index contributed by atoms with van der Waals surface area (Å²) in [6, 6.07) is 9.52. The molecule has 3 heteroatoms. The van der Waals surface area contributed by atoms with E-state index in [4.69, 9.17) is 5.11 Å². The van der Waals surface area contributed by atoms with E-state index in [1.807, 2.05) is 37.3 Å². The Hall–Kier alpha value is -1.61. The van der Waals surface area contributed by atoms with Gasteiger partial charge in [0.2, 0.25) is 0 Å². The number of hydrogen-bond acceptors (Lipinski definition) is 2. The molecule has 92 valence electrons. The Bertz CT molecular complexity index is 384. The molecule has 0 fully saturated rings. The summed E-state index contributed by atoms with van der Waals surface area (Å²) in [5.41, 5.74) is -0.302. The molecule has 0 radical (unpaired) electrons. The largest absolute Gasteiger partial charge is 0.481 e. The molecular formula is C14H18O3. The van der Waals surface area contributed by atoms with Crippen molar-refractivity contribution in [3.05, 3.63) is 42.0 Å².